The summed E-state index contributed by atoms with van der Waals surface area (Å²) >= 11 is 5.98. The number of hydrogen-bond donors (Lipinski definition) is 0. The van der Waals surface area contributed by atoms with Gasteiger partial charge in [0.2, 0.25) is 0 Å². The number of benzene rings is 1. The van der Waals surface area contributed by atoms with Gasteiger partial charge in [-0.1, -0.05) is 25.4 Å². The van der Waals surface area contributed by atoms with Gasteiger partial charge in [-0.05, 0) is 37.1 Å². The minimum atomic E-state index is 0.427. The summed E-state index contributed by atoms with van der Waals surface area (Å²) in [7, 11) is 1.62. The Morgan fingerprint density at radius 2 is 1.90 bits per heavy atom. The molecule has 0 atom stereocenters. The minimum Gasteiger partial charge on any atom is -0.493 e. The van der Waals surface area contributed by atoms with Crippen LogP contribution in [0.3, 0.4) is 0 Å². The molecule has 0 aliphatic rings. The molecular formula is C16H19ClN2O2. The Morgan fingerprint density at radius 3 is 2.52 bits per heavy atom. The first-order chi connectivity index (χ1) is 9.99. The summed E-state index contributed by atoms with van der Waals surface area (Å²) in [5.41, 5.74) is 1.67. The van der Waals surface area contributed by atoms with E-state index in [1.807, 2.05) is 25.1 Å². The normalized spacial score (nSPS) is 10.8. The molecule has 2 rings (SSSR count). The van der Waals surface area contributed by atoms with Crippen LogP contribution in [0, 0.1) is 12.8 Å². The number of aryl methyl sites for hydroxylation is 1. The molecule has 112 valence electrons. The van der Waals surface area contributed by atoms with Gasteiger partial charge in [0.25, 0.3) is 0 Å². The summed E-state index contributed by atoms with van der Waals surface area (Å²) in [5, 5.41) is 0.427. The molecule has 21 heavy (non-hydrogen) atoms. The Bertz CT molecular complexity index is 609. The number of methoxy groups -OCH3 is 1. The zero-order valence-corrected chi connectivity index (χ0v) is 13.4. The van der Waals surface area contributed by atoms with Gasteiger partial charge >= 0.3 is 0 Å². The second-order valence-electron chi connectivity index (χ2n) is 5.23. The molecule has 0 spiro atoms. The Morgan fingerprint density at radius 1 is 1.14 bits per heavy atom. The van der Waals surface area contributed by atoms with Crippen molar-refractivity contribution in [1.82, 2.24) is 9.97 Å². The van der Waals surface area contributed by atoms with E-state index in [2.05, 4.69) is 23.8 Å². The summed E-state index contributed by atoms with van der Waals surface area (Å²) in [5.74, 6) is 2.41. The molecule has 0 aliphatic heterocycles. The summed E-state index contributed by atoms with van der Waals surface area (Å²) in [6.45, 7) is 6.73. The molecule has 4 nitrogen and oxygen atoms in total. The number of aromatic nitrogens is 2. The van der Waals surface area contributed by atoms with Gasteiger partial charge in [-0.15, -0.1) is 0 Å². The van der Waals surface area contributed by atoms with E-state index in [-0.39, 0.29) is 0 Å². The van der Waals surface area contributed by atoms with Crippen molar-refractivity contribution in [3.8, 4) is 22.9 Å². The van der Waals surface area contributed by atoms with E-state index in [1.54, 1.807) is 13.2 Å². The van der Waals surface area contributed by atoms with Gasteiger partial charge in [0, 0.05) is 11.3 Å². The van der Waals surface area contributed by atoms with E-state index in [0.717, 1.165) is 11.3 Å². The van der Waals surface area contributed by atoms with Gasteiger partial charge in [-0.3, -0.25) is 0 Å². The number of ether oxygens (including phenoxy) is 2. The van der Waals surface area contributed by atoms with Crippen molar-refractivity contribution in [2.24, 2.45) is 5.92 Å². The third-order valence-electron chi connectivity index (χ3n) is 2.82. The molecule has 0 unspecified atom stereocenters. The molecule has 0 aliphatic carbocycles. The zero-order valence-electron chi connectivity index (χ0n) is 12.7. The fourth-order valence-corrected chi connectivity index (χ4v) is 2.08. The molecule has 0 radical (unpaired) electrons. The Labute approximate surface area is 130 Å². The van der Waals surface area contributed by atoms with Crippen LogP contribution < -0.4 is 9.47 Å². The smallest absolute Gasteiger partial charge is 0.161 e. The van der Waals surface area contributed by atoms with Crippen LogP contribution in [-0.2, 0) is 0 Å². The first-order valence-corrected chi connectivity index (χ1v) is 7.19. The SMILES string of the molecule is COc1cc(-c2nc(C)cc(Cl)n2)ccc1OCC(C)C. The molecule has 5 heteroatoms. The van der Waals surface area contributed by atoms with Crippen LogP contribution in [0.25, 0.3) is 11.4 Å². The molecule has 0 amide bonds. The molecule has 0 saturated heterocycles. The summed E-state index contributed by atoms with van der Waals surface area (Å²) in [6.07, 6.45) is 0. The quantitative estimate of drug-likeness (QED) is 0.778. The molecule has 0 saturated carbocycles. The Hall–Kier alpha value is -1.81. The van der Waals surface area contributed by atoms with Crippen LogP contribution in [-0.4, -0.2) is 23.7 Å². The lowest BCUT2D eigenvalue weighted by atomic mass is 10.2. The van der Waals surface area contributed by atoms with Gasteiger partial charge in [0.15, 0.2) is 17.3 Å². The average Bonchev–Trinajstić information content (AvgIpc) is 2.43. The van der Waals surface area contributed by atoms with Crippen LogP contribution in [0.4, 0.5) is 0 Å². The van der Waals surface area contributed by atoms with E-state index in [1.165, 1.54) is 0 Å². The van der Waals surface area contributed by atoms with Gasteiger partial charge < -0.3 is 9.47 Å². The zero-order chi connectivity index (χ0) is 15.4. The van der Waals surface area contributed by atoms with E-state index in [0.29, 0.717) is 35.0 Å². The third-order valence-corrected chi connectivity index (χ3v) is 3.01. The third kappa shape index (κ3) is 4.08. The number of halogens is 1. The minimum absolute atomic E-state index is 0.427. The molecule has 0 N–H and O–H groups in total. The van der Waals surface area contributed by atoms with E-state index >= 15 is 0 Å². The van der Waals surface area contributed by atoms with Crippen LogP contribution >= 0.6 is 11.6 Å². The van der Waals surface area contributed by atoms with E-state index < -0.39 is 0 Å². The maximum Gasteiger partial charge on any atom is 0.161 e. The van der Waals surface area contributed by atoms with Gasteiger partial charge in [-0.25, -0.2) is 9.97 Å². The van der Waals surface area contributed by atoms with Crippen molar-refractivity contribution >= 4 is 11.6 Å². The van der Waals surface area contributed by atoms with Crippen LogP contribution in [0.5, 0.6) is 11.5 Å². The highest BCUT2D eigenvalue weighted by Crippen LogP contribution is 2.32. The number of rotatable bonds is 5. The molecular weight excluding hydrogens is 288 g/mol. The van der Waals surface area contributed by atoms with Crippen molar-refractivity contribution in [2.45, 2.75) is 20.8 Å². The van der Waals surface area contributed by atoms with Crippen LogP contribution in [0.1, 0.15) is 19.5 Å². The maximum absolute atomic E-state index is 5.98. The van der Waals surface area contributed by atoms with E-state index in [4.69, 9.17) is 21.1 Å². The maximum atomic E-state index is 5.98. The number of nitrogens with zero attached hydrogens (tertiary/aromatic N) is 2. The van der Waals surface area contributed by atoms with Crippen LogP contribution in [0.15, 0.2) is 24.3 Å². The summed E-state index contributed by atoms with van der Waals surface area (Å²) in [6, 6.07) is 7.36. The fourth-order valence-electron chi connectivity index (χ4n) is 1.84. The highest BCUT2D eigenvalue weighted by molar-refractivity contribution is 6.29. The number of hydrogen-bond acceptors (Lipinski definition) is 4. The van der Waals surface area contributed by atoms with Crippen molar-refractivity contribution < 1.29 is 9.47 Å². The van der Waals surface area contributed by atoms with Crippen molar-refractivity contribution in [1.29, 1.82) is 0 Å². The predicted molar refractivity (Wildman–Crippen MR) is 84.1 cm³/mol. The second kappa shape index (κ2) is 6.76. The first-order valence-electron chi connectivity index (χ1n) is 6.82. The summed E-state index contributed by atoms with van der Waals surface area (Å²) in [4.78, 5) is 8.63. The second-order valence-corrected chi connectivity index (χ2v) is 5.61. The molecule has 1 heterocycles. The van der Waals surface area contributed by atoms with Crippen molar-refractivity contribution in [2.75, 3.05) is 13.7 Å². The Kier molecular flexibility index (Phi) is 5.02. The van der Waals surface area contributed by atoms with Gasteiger partial charge in [-0.2, -0.15) is 0 Å². The monoisotopic (exact) mass is 306 g/mol. The topological polar surface area (TPSA) is 44.2 Å². The average molecular weight is 307 g/mol. The largest absolute Gasteiger partial charge is 0.493 e. The van der Waals surface area contributed by atoms with Gasteiger partial charge in [0.1, 0.15) is 5.15 Å². The fraction of sp³-hybridized carbons (Fsp3) is 0.375. The molecule has 0 fully saturated rings. The molecule has 1 aromatic heterocycles. The van der Waals surface area contributed by atoms with Crippen molar-refractivity contribution in [3.63, 3.8) is 0 Å². The highest BCUT2D eigenvalue weighted by atomic mass is 35.5. The lowest BCUT2D eigenvalue weighted by Gasteiger charge is -2.13. The van der Waals surface area contributed by atoms with E-state index in [9.17, 15) is 0 Å². The summed E-state index contributed by atoms with van der Waals surface area (Å²) < 4.78 is 11.1. The van der Waals surface area contributed by atoms with Crippen LogP contribution in [0.2, 0.25) is 5.15 Å². The van der Waals surface area contributed by atoms with Gasteiger partial charge in [0.05, 0.1) is 13.7 Å². The molecule has 1 aromatic carbocycles. The lowest BCUT2D eigenvalue weighted by Crippen LogP contribution is -2.05. The Balaban J connectivity index is 2.33. The highest BCUT2D eigenvalue weighted by Gasteiger charge is 2.10. The lowest BCUT2D eigenvalue weighted by molar-refractivity contribution is 0.257. The standard InChI is InChI=1S/C16H19ClN2O2/c1-10(2)9-21-13-6-5-12(8-14(13)20-4)16-18-11(3)7-15(17)19-16/h5-8,10H,9H2,1-4H3. The molecule has 2 aromatic rings. The first kappa shape index (κ1) is 15.6. The predicted octanol–water partition coefficient (Wildman–Crippen LogP) is 4.15. The van der Waals surface area contributed by atoms with Crippen molar-refractivity contribution in [3.05, 3.63) is 35.1 Å². The molecule has 0 bridgehead atoms.